The molecule has 1 aliphatic rings. The Bertz CT molecular complexity index is 119. The van der Waals surface area contributed by atoms with Gasteiger partial charge >= 0.3 is 0 Å². The van der Waals surface area contributed by atoms with Crippen molar-refractivity contribution in [2.75, 3.05) is 13.1 Å². The van der Waals surface area contributed by atoms with Crippen molar-refractivity contribution in [3.05, 3.63) is 0 Å². The Morgan fingerprint density at radius 3 is 2.78 bits per heavy atom. The first-order chi connectivity index (χ1) is 4.33. The van der Waals surface area contributed by atoms with Gasteiger partial charge in [0.2, 0.25) is 0 Å². The molecular weight excluding hydrogens is 118 g/mol. The van der Waals surface area contributed by atoms with E-state index < -0.39 is 0 Å². The molecule has 4 nitrogen and oxygen atoms in total. The maximum absolute atomic E-state index is 8.15. The number of nitrogens with two attached hydrogens (primary N) is 1. The van der Waals surface area contributed by atoms with Gasteiger partial charge in [-0.05, 0) is 19.0 Å². The Kier molecular flexibility index (Phi) is 1.89. The number of hydrogen-bond donors (Lipinski definition) is 3. The third-order valence-corrected chi connectivity index (χ3v) is 1.49. The summed E-state index contributed by atoms with van der Waals surface area (Å²) in [6, 6.07) is 0. The van der Waals surface area contributed by atoms with E-state index in [9.17, 15) is 0 Å². The molecule has 1 rings (SSSR count). The van der Waals surface area contributed by atoms with E-state index in [1.807, 2.05) is 0 Å². The SMILES string of the molecule is N/C(CC1CNC1)=N\O. The first-order valence-corrected chi connectivity index (χ1v) is 3.00. The molecule has 4 heteroatoms. The molecule has 4 N–H and O–H groups in total. The molecule has 1 heterocycles. The van der Waals surface area contributed by atoms with Crippen LogP contribution in [0, 0.1) is 5.92 Å². The van der Waals surface area contributed by atoms with E-state index >= 15 is 0 Å². The largest absolute Gasteiger partial charge is 0.409 e. The summed E-state index contributed by atoms with van der Waals surface area (Å²) >= 11 is 0. The molecule has 0 unspecified atom stereocenters. The summed E-state index contributed by atoms with van der Waals surface area (Å²) in [5.74, 6) is 0.919. The molecule has 0 aromatic rings. The first-order valence-electron chi connectivity index (χ1n) is 3.00. The lowest BCUT2D eigenvalue weighted by Gasteiger charge is -2.26. The summed E-state index contributed by atoms with van der Waals surface area (Å²) in [5.41, 5.74) is 5.26. The van der Waals surface area contributed by atoms with Crippen LogP contribution in [-0.2, 0) is 0 Å². The van der Waals surface area contributed by atoms with Gasteiger partial charge in [-0.25, -0.2) is 0 Å². The van der Waals surface area contributed by atoms with E-state index in [2.05, 4.69) is 10.5 Å². The van der Waals surface area contributed by atoms with Gasteiger partial charge in [0.05, 0.1) is 0 Å². The summed E-state index contributed by atoms with van der Waals surface area (Å²) in [4.78, 5) is 0. The minimum absolute atomic E-state index is 0.335. The van der Waals surface area contributed by atoms with Crippen molar-refractivity contribution in [2.24, 2.45) is 16.8 Å². The van der Waals surface area contributed by atoms with Crippen LogP contribution >= 0.6 is 0 Å². The van der Waals surface area contributed by atoms with E-state index in [1.165, 1.54) is 0 Å². The summed E-state index contributed by atoms with van der Waals surface area (Å²) in [6.45, 7) is 1.99. The van der Waals surface area contributed by atoms with Crippen LogP contribution in [0.5, 0.6) is 0 Å². The number of hydrogen-bond acceptors (Lipinski definition) is 3. The molecule has 0 aromatic carbocycles. The van der Waals surface area contributed by atoms with Crippen molar-refractivity contribution >= 4 is 5.84 Å². The minimum Gasteiger partial charge on any atom is -0.409 e. The zero-order valence-electron chi connectivity index (χ0n) is 5.17. The Morgan fingerprint density at radius 2 is 2.44 bits per heavy atom. The van der Waals surface area contributed by atoms with Gasteiger partial charge in [0.1, 0.15) is 5.84 Å². The monoisotopic (exact) mass is 129 g/mol. The van der Waals surface area contributed by atoms with Gasteiger partial charge in [-0.15, -0.1) is 0 Å². The molecule has 1 aliphatic heterocycles. The summed E-state index contributed by atoms with van der Waals surface area (Å²) in [6.07, 6.45) is 0.712. The predicted octanol–water partition coefficient (Wildman–Crippen LogP) is -0.658. The van der Waals surface area contributed by atoms with Gasteiger partial charge in [0.15, 0.2) is 0 Å². The van der Waals surface area contributed by atoms with Crippen LogP contribution in [0.4, 0.5) is 0 Å². The van der Waals surface area contributed by atoms with Gasteiger partial charge in [0, 0.05) is 6.42 Å². The topological polar surface area (TPSA) is 70.6 Å². The van der Waals surface area contributed by atoms with E-state index in [0.717, 1.165) is 13.1 Å². The average molecular weight is 129 g/mol. The van der Waals surface area contributed by atoms with Gasteiger partial charge in [-0.1, -0.05) is 5.16 Å². The molecule has 0 saturated carbocycles. The zero-order valence-corrected chi connectivity index (χ0v) is 5.17. The lowest BCUT2D eigenvalue weighted by molar-refractivity contribution is 0.308. The molecule has 0 spiro atoms. The normalized spacial score (nSPS) is 21.6. The first kappa shape index (κ1) is 6.35. The lowest BCUT2D eigenvalue weighted by Crippen LogP contribution is -2.43. The second kappa shape index (κ2) is 2.68. The molecular formula is C5H11N3O. The molecule has 0 bridgehead atoms. The van der Waals surface area contributed by atoms with E-state index in [0.29, 0.717) is 18.2 Å². The third-order valence-electron chi connectivity index (χ3n) is 1.49. The van der Waals surface area contributed by atoms with E-state index in [-0.39, 0.29) is 0 Å². The Morgan fingerprint density at radius 1 is 1.78 bits per heavy atom. The van der Waals surface area contributed by atoms with Gasteiger partial charge in [-0.3, -0.25) is 0 Å². The fourth-order valence-electron chi connectivity index (χ4n) is 0.829. The Labute approximate surface area is 53.7 Å². The molecule has 0 amide bonds. The zero-order chi connectivity index (χ0) is 6.69. The second-order valence-electron chi connectivity index (χ2n) is 2.32. The molecule has 0 radical (unpaired) electrons. The molecule has 0 aliphatic carbocycles. The molecule has 52 valence electrons. The van der Waals surface area contributed by atoms with Gasteiger partial charge in [0.25, 0.3) is 0 Å². The smallest absolute Gasteiger partial charge is 0.139 e. The number of amidine groups is 1. The van der Waals surface area contributed by atoms with Crippen molar-refractivity contribution in [1.82, 2.24) is 5.32 Å². The lowest BCUT2D eigenvalue weighted by atomic mass is 9.99. The highest BCUT2D eigenvalue weighted by Gasteiger charge is 2.17. The highest BCUT2D eigenvalue weighted by Crippen LogP contribution is 2.06. The van der Waals surface area contributed by atoms with Crippen molar-refractivity contribution in [3.63, 3.8) is 0 Å². The Balaban J connectivity index is 2.16. The van der Waals surface area contributed by atoms with Crippen molar-refractivity contribution < 1.29 is 5.21 Å². The minimum atomic E-state index is 0.335. The summed E-state index contributed by atoms with van der Waals surface area (Å²) in [7, 11) is 0. The van der Waals surface area contributed by atoms with Crippen LogP contribution < -0.4 is 11.1 Å². The van der Waals surface area contributed by atoms with Crippen molar-refractivity contribution in [1.29, 1.82) is 0 Å². The number of oxime groups is 1. The standard InChI is InChI=1S/C5H11N3O/c6-5(8-9)1-4-2-7-3-4/h4,7,9H,1-3H2,(H2,6,8). The van der Waals surface area contributed by atoms with Crippen LogP contribution in [0.25, 0.3) is 0 Å². The molecule has 1 saturated heterocycles. The van der Waals surface area contributed by atoms with Crippen molar-refractivity contribution in [2.45, 2.75) is 6.42 Å². The second-order valence-corrected chi connectivity index (χ2v) is 2.32. The highest BCUT2D eigenvalue weighted by atomic mass is 16.4. The number of nitrogens with one attached hydrogen (secondary N) is 1. The maximum atomic E-state index is 8.15. The van der Waals surface area contributed by atoms with Crippen LogP contribution in [0.2, 0.25) is 0 Å². The van der Waals surface area contributed by atoms with E-state index in [1.54, 1.807) is 0 Å². The fourth-order valence-corrected chi connectivity index (χ4v) is 0.829. The number of rotatable bonds is 2. The van der Waals surface area contributed by atoms with Crippen LogP contribution in [-0.4, -0.2) is 24.1 Å². The quantitative estimate of drug-likeness (QED) is 0.201. The molecule has 1 fully saturated rings. The predicted molar refractivity (Wildman–Crippen MR) is 34.4 cm³/mol. The number of nitrogens with zero attached hydrogens (tertiary/aromatic N) is 1. The van der Waals surface area contributed by atoms with Crippen LogP contribution in [0.15, 0.2) is 5.16 Å². The van der Waals surface area contributed by atoms with Crippen LogP contribution in [0.3, 0.4) is 0 Å². The van der Waals surface area contributed by atoms with Crippen LogP contribution in [0.1, 0.15) is 6.42 Å². The average Bonchev–Trinajstić information content (AvgIpc) is 1.78. The van der Waals surface area contributed by atoms with Crippen molar-refractivity contribution in [3.8, 4) is 0 Å². The molecule has 0 aromatic heterocycles. The fraction of sp³-hybridized carbons (Fsp3) is 0.800. The van der Waals surface area contributed by atoms with E-state index in [4.69, 9.17) is 10.9 Å². The Hall–Kier alpha value is -0.770. The highest BCUT2D eigenvalue weighted by molar-refractivity contribution is 5.79. The summed E-state index contributed by atoms with van der Waals surface area (Å²) in [5, 5.41) is 14.1. The third kappa shape index (κ3) is 1.57. The van der Waals surface area contributed by atoms with Gasteiger partial charge in [-0.2, -0.15) is 0 Å². The summed E-state index contributed by atoms with van der Waals surface area (Å²) < 4.78 is 0. The van der Waals surface area contributed by atoms with Gasteiger partial charge < -0.3 is 16.3 Å². The molecule has 9 heavy (non-hydrogen) atoms. The molecule has 0 atom stereocenters. The maximum Gasteiger partial charge on any atom is 0.139 e.